The third-order valence-corrected chi connectivity index (χ3v) is 3.15. The van der Waals surface area contributed by atoms with Gasteiger partial charge in [-0.2, -0.15) is 13.2 Å². The molecule has 0 atom stereocenters. The first kappa shape index (κ1) is 14.6. The van der Waals surface area contributed by atoms with Gasteiger partial charge in [0.05, 0.1) is 5.56 Å². The molecule has 0 unspecified atom stereocenters. The van der Waals surface area contributed by atoms with E-state index in [1.807, 2.05) is 0 Å². The molecule has 0 saturated heterocycles. The number of halogens is 4. The van der Waals surface area contributed by atoms with Gasteiger partial charge in [0.25, 0.3) is 0 Å². The van der Waals surface area contributed by atoms with Gasteiger partial charge in [0.2, 0.25) is 0 Å². The predicted molar refractivity (Wildman–Crippen MR) is 71.0 cm³/mol. The molecule has 104 valence electrons. The van der Waals surface area contributed by atoms with Gasteiger partial charge in [-0.1, -0.05) is 15.9 Å². The fourth-order valence-corrected chi connectivity index (χ4v) is 2.12. The van der Waals surface area contributed by atoms with E-state index in [0.717, 1.165) is 6.07 Å². The van der Waals surface area contributed by atoms with E-state index >= 15 is 0 Å². The van der Waals surface area contributed by atoms with Gasteiger partial charge in [-0.15, -0.1) is 0 Å². The van der Waals surface area contributed by atoms with Crippen LogP contribution in [-0.4, -0.2) is 6.29 Å². The number of carbonyl (C=O) groups is 1. The minimum Gasteiger partial charge on any atom is -0.457 e. The molecule has 0 heterocycles. The molecule has 0 aliphatic carbocycles. The predicted octanol–water partition coefficient (Wildman–Crippen LogP) is 5.07. The second-order valence-corrected chi connectivity index (χ2v) is 4.78. The topological polar surface area (TPSA) is 26.3 Å². The van der Waals surface area contributed by atoms with Crippen LogP contribution >= 0.6 is 15.9 Å². The highest BCUT2D eigenvalue weighted by molar-refractivity contribution is 9.10. The van der Waals surface area contributed by atoms with E-state index in [-0.39, 0.29) is 10.2 Å². The molecule has 0 aromatic heterocycles. The second kappa shape index (κ2) is 5.66. The Balaban J connectivity index is 2.21. The molecule has 0 aliphatic rings. The summed E-state index contributed by atoms with van der Waals surface area (Å²) in [5, 5.41) is 0. The lowest BCUT2D eigenvalue weighted by Crippen LogP contribution is -2.05. The Morgan fingerprint density at radius 3 is 2.10 bits per heavy atom. The smallest absolute Gasteiger partial charge is 0.417 e. The maximum Gasteiger partial charge on any atom is 0.417 e. The first-order chi connectivity index (χ1) is 9.40. The van der Waals surface area contributed by atoms with Crippen LogP contribution in [0.4, 0.5) is 13.2 Å². The number of benzene rings is 2. The van der Waals surface area contributed by atoms with E-state index in [4.69, 9.17) is 4.74 Å². The van der Waals surface area contributed by atoms with Gasteiger partial charge in [0.15, 0.2) is 0 Å². The minimum atomic E-state index is -4.41. The Morgan fingerprint density at radius 1 is 1.00 bits per heavy atom. The van der Waals surface area contributed by atoms with E-state index in [0.29, 0.717) is 17.6 Å². The van der Waals surface area contributed by atoms with Gasteiger partial charge in [-0.05, 0) is 42.5 Å². The minimum absolute atomic E-state index is 0.0907. The lowest BCUT2D eigenvalue weighted by atomic mass is 10.2. The molecule has 2 nitrogen and oxygen atoms in total. The Labute approximate surface area is 121 Å². The Kier molecular flexibility index (Phi) is 4.13. The largest absolute Gasteiger partial charge is 0.457 e. The molecule has 0 radical (unpaired) electrons. The zero-order valence-electron chi connectivity index (χ0n) is 9.95. The molecule has 0 N–H and O–H groups in total. The van der Waals surface area contributed by atoms with Crippen LogP contribution in [0, 0.1) is 0 Å². The second-order valence-electron chi connectivity index (χ2n) is 3.93. The van der Waals surface area contributed by atoms with Crippen molar-refractivity contribution in [3.63, 3.8) is 0 Å². The van der Waals surface area contributed by atoms with E-state index in [1.165, 1.54) is 12.1 Å². The van der Waals surface area contributed by atoms with Crippen molar-refractivity contribution < 1.29 is 22.7 Å². The quantitative estimate of drug-likeness (QED) is 0.726. The highest BCUT2D eigenvalue weighted by atomic mass is 79.9. The standard InChI is InChI=1S/C14H8BrF3O2/c15-13-7-11(5-6-12(13)14(16,17)18)20-10-3-1-9(8-19)2-4-10/h1-8H. The number of rotatable bonds is 3. The van der Waals surface area contributed by atoms with Crippen LogP contribution in [0.2, 0.25) is 0 Å². The Morgan fingerprint density at radius 2 is 1.60 bits per heavy atom. The maximum atomic E-state index is 12.6. The van der Waals surface area contributed by atoms with Gasteiger partial charge in [-0.25, -0.2) is 0 Å². The van der Waals surface area contributed by atoms with Crippen molar-refractivity contribution in [3.05, 3.63) is 58.1 Å². The summed E-state index contributed by atoms with van der Waals surface area (Å²) in [6.07, 6.45) is -3.72. The molecular weight excluding hydrogens is 337 g/mol. The normalized spacial score (nSPS) is 11.2. The number of ether oxygens (including phenoxy) is 1. The van der Waals surface area contributed by atoms with Gasteiger partial charge in [0.1, 0.15) is 17.8 Å². The van der Waals surface area contributed by atoms with Crippen LogP contribution in [0.15, 0.2) is 46.9 Å². The lowest BCUT2D eigenvalue weighted by Gasteiger charge is -2.11. The molecule has 0 saturated carbocycles. The van der Waals surface area contributed by atoms with Gasteiger partial charge in [0, 0.05) is 10.0 Å². The molecule has 2 aromatic rings. The maximum absolute atomic E-state index is 12.6. The SMILES string of the molecule is O=Cc1ccc(Oc2ccc(C(F)(F)F)c(Br)c2)cc1. The summed E-state index contributed by atoms with van der Waals surface area (Å²) >= 11 is 2.87. The van der Waals surface area contributed by atoms with Crippen molar-refractivity contribution >= 4 is 22.2 Å². The summed E-state index contributed by atoms with van der Waals surface area (Å²) in [7, 11) is 0. The van der Waals surface area contributed by atoms with Crippen LogP contribution in [0.25, 0.3) is 0 Å². The first-order valence-corrected chi connectivity index (χ1v) is 6.29. The average molecular weight is 345 g/mol. The number of carbonyl (C=O) groups excluding carboxylic acids is 1. The summed E-state index contributed by atoms with van der Waals surface area (Å²) in [5.41, 5.74) is -0.271. The molecule has 0 bridgehead atoms. The van der Waals surface area contributed by atoms with E-state index in [1.54, 1.807) is 24.3 Å². The molecular formula is C14H8BrF3O2. The van der Waals surface area contributed by atoms with Crippen LogP contribution in [0.1, 0.15) is 15.9 Å². The van der Waals surface area contributed by atoms with Gasteiger partial charge in [-0.3, -0.25) is 4.79 Å². The fourth-order valence-electron chi connectivity index (χ4n) is 1.54. The molecule has 20 heavy (non-hydrogen) atoms. The fraction of sp³-hybridized carbons (Fsp3) is 0.0714. The monoisotopic (exact) mass is 344 g/mol. The summed E-state index contributed by atoms with van der Waals surface area (Å²) in [6.45, 7) is 0. The number of hydrogen-bond acceptors (Lipinski definition) is 2. The number of aldehydes is 1. The Bertz CT molecular complexity index is 621. The lowest BCUT2D eigenvalue weighted by molar-refractivity contribution is -0.138. The summed E-state index contributed by atoms with van der Waals surface area (Å²) in [4.78, 5) is 10.5. The molecule has 0 spiro atoms. The molecule has 0 amide bonds. The van der Waals surface area contributed by atoms with Gasteiger partial charge >= 0.3 is 6.18 Å². The van der Waals surface area contributed by atoms with Gasteiger partial charge < -0.3 is 4.74 Å². The van der Waals surface area contributed by atoms with Crippen molar-refractivity contribution in [1.29, 1.82) is 0 Å². The molecule has 6 heteroatoms. The number of hydrogen-bond donors (Lipinski definition) is 0. The zero-order valence-corrected chi connectivity index (χ0v) is 11.5. The average Bonchev–Trinajstić information content (AvgIpc) is 2.38. The number of alkyl halides is 3. The van der Waals surface area contributed by atoms with Crippen molar-refractivity contribution in [2.75, 3.05) is 0 Å². The van der Waals surface area contributed by atoms with Crippen LogP contribution < -0.4 is 4.74 Å². The van der Waals surface area contributed by atoms with E-state index in [9.17, 15) is 18.0 Å². The highest BCUT2D eigenvalue weighted by Gasteiger charge is 2.32. The summed E-state index contributed by atoms with van der Waals surface area (Å²) in [5.74, 6) is 0.700. The first-order valence-electron chi connectivity index (χ1n) is 5.50. The molecule has 0 aliphatic heterocycles. The third kappa shape index (κ3) is 3.39. The van der Waals surface area contributed by atoms with Crippen molar-refractivity contribution in [3.8, 4) is 11.5 Å². The molecule has 2 aromatic carbocycles. The van der Waals surface area contributed by atoms with Crippen molar-refractivity contribution in [1.82, 2.24) is 0 Å². The van der Waals surface area contributed by atoms with Crippen molar-refractivity contribution in [2.24, 2.45) is 0 Å². The zero-order chi connectivity index (χ0) is 14.8. The summed E-state index contributed by atoms with van der Waals surface area (Å²) in [6, 6.07) is 9.67. The van der Waals surface area contributed by atoms with Crippen LogP contribution in [0.3, 0.4) is 0 Å². The van der Waals surface area contributed by atoms with Crippen LogP contribution in [0.5, 0.6) is 11.5 Å². The Hall–Kier alpha value is -1.82. The molecule has 2 rings (SSSR count). The van der Waals surface area contributed by atoms with Crippen molar-refractivity contribution in [2.45, 2.75) is 6.18 Å². The van der Waals surface area contributed by atoms with E-state index in [2.05, 4.69) is 15.9 Å². The molecule has 0 fully saturated rings. The van der Waals surface area contributed by atoms with Crippen LogP contribution in [-0.2, 0) is 6.18 Å². The summed E-state index contributed by atoms with van der Waals surface area (Å²) < 4.78 is 43.1. The van der Waals surface area contributed by atoms with E-state index < -0.39 is 11.7 Å². The third-order valence-electron chi connectivity index (χ3n) is 2.50. The highest BCUT2D eigenvalue weighted by Crippen LogP contribution is 2.37.